The predicted octanol–water partition coefficient (Wildman–Crippen LogP) is 5.49. The van der Waals surface area contributed by atoms with E-state index >= 15 is 0 Å². The number of aryl methyl sites for hydroxylation is 2. The molecule has 162 valence electrons. The Morgan fingerprint density at radius 2 is 1.60 bits per heavy atom. The van der Waals surface area contributed by atoms with E-state index in [4.69, 9.17) is 14.7 Å². The summed E-state index contributed by atoms with van der Waals surface area (Å²) in [4.78, 5) is 23.8. The first-order valence-corrected chi connectivity index (χ1v) is 11.4. The number of piperidine rings is 1. The molecule has 3 rings (SSSR count). The van der Waals surface area contributed by atoms with Gasteiger partial charge in [0, 0.05) is 18.8 Å². The maximum Gasteiger partial charge on any atom is 0.305 e. The lowest BCUT2D eigenvalue weighted by Crippen LogP contribution is -2.38. The molecule has 5 heteroatoms. The van der Waals surface area contributed by atoms with E-state index in [1.165, 1.54) is 28.9 Å². The van der Waals surface area contributed by atoms with Crippen molar-refractivity contribution < 1.29 is 9.53 Å². The Morgan fingerprint density at radius 3 is 2.13 bits per heavy atom. The third-order valence-electron chi connectivity index (χ3n) is 6.09. The van der Waals surface area contributed by atoms with Crippen LogP contribution in [0, 0.1) is 13.8 Å². The smallest absolute Gasteiger partial charge is 0.305 e. The maximum absolute atomic E-state index is 11.6. The molecule has 0 aliphatic carbocycles. The van der Waals surface area contributed by atoms with Crippen molar-refractivity contribution in [3.05, 3.63) is 59.2 Å². The van der Waals surface area contributed by atoms with Crippen molar-refractivity contribution in [2.45, 2.75) is 77.8 Å². The summed E-state index contributed by atoms with van der Waals surface area (Å²) in [6.45, 7) is 7.63. The van der Waals surface area contributed by atoms with E-state index in [2.05, 4.69) is 30.9 Å². The van der Waals surface area contributed by atoms with Gasteiger partial charge in [0.25, 0.3) is 0 Å². The minimum atomic E-state index is -0.0838. The molecule has 2 aromatic rings. The maximum atomic E-state index is 11.6. The number of rotatable bonds is 9. The molecule has 5 nitrogen and oxygen atoms in total. The molecular weight excluding hydrogens is 374 g/mol. The summed E-state index contributed by atoms with van der Waals surface area (Å²) in [5, 5.41) is 0. The first-order chi connectivity index (χ1) is 14.6. The van der Waals surface area contributed by atoms with Gasteiger partial charge in [0.05, 0.1) is 30.1 Å². The molecule has 0 amide bonds. The average molecular weight is 410 g/mol. The van der Waals surface area contributed by atoms with Gasteiger partial charge in [-0.2, -0.15) is 0 Å². The van der Waals surface area contributed by atoms with Crippen molar-refractivity contribution in [3.63, 3.8) is 0 Å². The lowest BCUT2D eigenvalue weighted by atomic mass is 9.88. The molecule has 2 atom stereocenters. The standard InChI is InChI=1S/C25H35N3O2/c1-4-30-23(29)15-6-5-7-18-28-21(24-19(2)11-9-16-26-24)13-8-14-22(28)25-20(3)12-10-17-27-25/h9-12,16-17,21-22H,4-8,13-15,18H2,1-3H3/t21-,22+. The van der Waals surface area contributed by atoms with Crippen LogP contribution in [0.4, 0.5) is 0 Å². The van der Waals surface area contributed by atoms with E-state index in [9.17, 15) is 4.79 Å². The molecule has 3 heterocycles. The molecule has 0 N–H and O–H groups in total. The zero-order chi connectivity index (χ0) is 21.3. The van der Waals surface area contributed by atoms with Gasteiger partial charge in [-0.15, -0.1) is 0 Å². The van der Waals surface area contributed by atoms with Gasteiger partial charge >= 0.3 is 5.97 Å². The van der Waals surface area contributed by atoms with Crippen LogP contribution in [-0.2, 0) is 9.53 Å². The summed E-state index contributed by atoms with van der Waals surface area (Å²) in [7, 11) is 0. The Labute approximate surface area is 180 Å². The molecule has 30 heavy (non-hydrogen) atoms. The van der Waals surface area contributed by atoms with Gasteiger partial charge in [-0.25, -0.2) is 0 Å². The summed E-state index contributed by atoms with van der Waals surface area (Å²) >= 11 is 0. The highest BCUT2D eigenvalue weighted by molar-refractivity contribution is 5.69. The second-order valence-electron chi connectivity index (χ2n) is 8.23. The summed E-state index contributed by atoms with van der Waals surface area (Å²) in [5.74, 6) is -0.0838. The highest BCUT2D eigenvalue weighted by Gasteiger charge is 2.34. The van der Waals surface area contributed by atoms with Crippen LogP contribution in [0.25, 0.3) is 0 Å². The van der Waals surface area contributed by atoms with Crippen LogP contribution in [0.3, 0.4) is 0 Å². The first-order valence-electron chi connectivity index (χ1n) is 11.4. The molecular formula is C25H35N3O2. The Balaban J connectivity index is 1.74. The normalized spacial score (nSPS) is 19.6. The van der Waals surface area contributed by atoms with Crippen LogP contribution in [0.1, 0.15) is 86.5 Å². The number of pyridine rings is 2. The average Bonchev–Trinajstić information content (AvgIpc) is 2.75. The van der Waals surface area contributed by atoms with E-state index in [0.29, 0.717) is 25.1 Å². The minimum absolute atomic E-state index is 0.0838. The molecule has 1 fully saturated rings. The second kappa shape index (κ2) is 11.2. The largest absolute Gasteiger partial charge is 0.466 e. The quantitative estimate of drug-likeness (QED) is 0.405. The number of esters is 1. The molecule has 2 aromatic heterocycles. The third kappa shape index (κ3) is 5.66. The van der Waals surface area contributed by atoms with Crippen molar-refractivity contribution in [1.29, 1.82) is 0 Å². The van der Waals surface area contributed by atoms with Crippen LogP contribution in [0.5, 0.6) is 0 Å². The van der Waals surface area contributed by atoms with Crippen LogP contribution in [0.15, 0.2) is 36.7 Å². The summed E-state index contributed by atoms with van der Waals surface area (Å²) in [6.07, 6.45) is 10.7. The number of nitrogens with zero attached hydrogens (tertiary/aromatic N) is 3. The molecule has 0 bridgehead atoms. The van der Waals surface area contributed by atoms with E-state index in [1.807, 2.05) is 31.5 Å². The number of carbonyl (C=O) groups excluding carboxylic acids is 1. The number of likely N-dealkylation sites (tertiary alicyclic amines) is 1. The molecule has 1 aliphatic heterocycles. The van der Waals surface area contributed by atoms with Gasteiger partial charge in [0.15, 0.2) is 0 Å². The Bertz CT molecular complexity index is 770. The number of carbonyl (C=O) groups is 1. The van der Waals surface area contributed by atoms with Crippen molar-refractivity contribution in [2.24, 2.45) is 0 Å². The lowest BCUT2D eigenvalue weighted by Gasteiger charge is -2.42. The number of aromatic nitrogens is 2. The van der Waals surface area contributed by atoms with Crippen molar-refractivity contribution >= 4 is 5.97 Å². The molecule has 0 aromatic carbocycles. The molecule has 0 spiro atoms. The fraction of sp³-hybridized carbons (Fsp3) is 0.560. The van der Waals surface area contributed by atoms with Crippen LogP contribution >= 0.6 is 0 Å². The van der Waals surface area contributed by atoms with Crippen LogP contribution in [-0.4, -0.2) is 34.0 Å². The highest BCUT2D eigenvalue weighted by Crippen LogP contribution is 2.42. The molecule has 0 radical (unpaired) electrons. The highest BCUT2D eigenvalue weighted by atomic mass is 16.5. The van der Waals surface area contributed by atoms with E-state index in [1.54, 1.807) is 0 Å². The van der Waals surface area contributed by atoms with Crippen LogP contribution < -0.4 is 0 Å². The van der Waals surface area contributed by atoms with Crippen molar-refractivity contribution in [1.82, 2.24) is 14.9 Å². The van der Waals surface area contributed by atoms with E-state index < -0.39 is 0 Å². The van der Waals surface area contributed by atoms with Gasteiger partial charge in [-0.3, -0.25) is 19.7 Å². The van der Waals surface area contributed by atoms with Gasteiger partial charge in [-0.1, -0.05) is 18.6 Å². The molecule has 0 unspecified atom stereocenters. The Kier molecular flexibility index (Phi) is 8.38. The van der Waals surface area contributed by atoms with Gasteiger partial charge < -0.3 is 4.74 Å². The fourth-order valence-electron chi connectivity index (χ4n) is 4.62. The molecule has 1 aliphatic rings. The van der Waals surface area contributed by atoms with Gasteiger partial charge in [0.1, 0.15) is 0 Å². The summed E-state index contributed by atoms with van der Waals surface area (Å²) in [6, 6.07) is 8.99. The molecule has 0 saturated carbocycles. The van der Waals surface area contributed by atoms with E-state index in [0.717, 1.165) is 38.6 Å². The SMILES string of the molecule is CCOC(=O)CCCCCN1[C@@H](c2ncccc2C)CCC[C@H]1c1ncccc1C. The van der Waals surface area contributed by atoms with Gasteiger partial charge in [-0.05, 0) is 82.7 Å². The summed E-state index contributed by atoms with van der Waals surface area (Å²) in [5.41, 5.74) is 4.91. The van der Waals surface area contributed by atoms with Gasteiger partial charge in [0.2, 0.25) is 0 Å². The van der Waals surface area contributed by atoms with Crippen molar-refractivity contribution in [2.75, 3.05) is 13.2 Å². The fourth-order valence-corrected chi connectivity index (χ4v) is 4.62. The zero-order valence-corrected chi connectivity index (χ0v) is 18.6. The number of unbranched alkanes of at least 4 members (excludes halogenated alkanes) is 2. The number of hydrogen-bond donors (Lipinski definition) is 0. The number of hydrogen-bond acceptors (Lipinski definition) is 5. The van der Waals surface area contributed by atoms with Crippen LogP contribution in [0.2, 0.25) is 0 Å². The Hall–Kier alpha value is -2.27. The zero-order valence-electron chi connectivity index (χ0n) is 18.6. The third-order valence-corrected chi connectivity index (χ3v) is 6.09. The minimum Gasteiger partial charge on any atom is -0.466 e. The van der Waals surface area contributed by atoms with Crippen molar-refractivity contribution in [3.8, 4) is 0 Å². The second-order valence-corrected chi connectivity index (χ2v) is 8.23. The summed E-state index contributed by atoms with van der Waals surface area (Å²) < 4.78 is 5.05. The Morgan fingerprint density at radius 1 is 1.00 bits per heavy atom. The topological polar surface area (TPSA) is 55.3 Å². The lowest BCUT2D eigenvalue weighted by molar-refractivity contribution is -0.143. The first kappa shape index (κ1) is 22.4. The predicted molar refractivity (Wildman–Crippen MR) is 119 cm³/mol. The monoisotopic (exact) mass is 409 g/mol. The molecule has 1 saturated heterocycles. The number of ether oxygens (including phenoxy) is 1. The van der Waals surface area contributed by atoms with E-state index in [-0.39, 0.29) is 5.97 Å².